The fourth-order valence-corrected chi connectivity index (χ4v) is 5.04. The molecule has 42 heavy (non-hydrogen) atoms. The molecule has 8 nitrogen and oxygen atoms in total. The van der Waals surface area contributed by atoms with Crippen LogP contribution in [-0.4, -0.2) is 71.2 Å². The number of carbonyl (C=O) groups excluding carboxylic acids is 3. The Morgan fingerprint density at radius 3 is 1.64 bits per heavy atom. The van der Waals surface area contributed by atoms with E-state index >= 15 is 0 Å². The van der Waals surface area contributed by atoms with Gasteiger partial charge in [0.2, 0.25) is 17.7 Å². The van der Waals surface area contributed by atoms with Gasteiger partial charge in [0.1, 0.15) is 12.1 Å². The number of rotatable bonds is 22. The molecule has 0 unspecified atom stereocenters. The first-order valence-corrected chi connectivity index (χ1v) is 15.7. The Hall–Kier alpha value is -3.23. The zero-order chi connectivity index (χ0) is 30.4. The summed E-state index contributed by atoms with van der Waals surface area (Å²) in [4.78, 5) is 41.4. The minimum absolute atomic E-state index is 0.0451. The molecule has 2 atom stereocenters. The second kappa shape index (κ2) is 21.5. The highest BCUT2D eigenvalue weighted by Crippen LogP contribution is 2.12. The summed E-state index contributed by atoms with van der Waals surface area (Å²) in [5, 5.41) is 24.7. The van der Waals surface area contributed by atoms with E-state index in [0.717, 1.165) is 30.4 Å². The molecular formula is C34H51N3O5. The average molecular weight is 582 g/mol. The molecule has 0 saturated heterocycles. The summed E-state index contributed by atoms with van der Waals surface area (Å²) < 4.78 is 0. The number of amides is 3. The quantitative estimate of drug-likeness (QED) is 0.156. The van der Waals surface area contributed by atoms with Gasteiger partial charge in [-0.05, 0) is 17.5 Å². The molecule has 232 valence electrons. The van der Waals surface area contributed by atoms with E-state index in [9.17, 15) is 24.6 Å². The fourth-order valence-electron chi connectivity index (χ4n) is 5.04. The molecule has 0 radical (unpaired) electrons. The first-order chi connectivity index (χ1) is 20.5. The third kappa shape index (κ3) is 14.1. The van der Waals surface area contributed by atoms with Gasteiger partial charge in [-0.2, -0.15) is 0 Å². The van der Waals surface area contributed by atoms with Gasteiger partial charge in [-0.1, -0.05) is 119 Å². The summed E-state index contributed by atoms with van der Waals surface area (Å²) in [7, 11) is 0. The van der Waals surface area contributed by atoms with Crippen LogP contribution >= 0.6 is 0 Å². The topological polar surface area (TPSA) is 119 Å². The Bertz CT molecular complexity index is 1010. The number of hydrogen-bond acceptors (Lipinski definition) is 5. The van der Waals surface area contributed by atoms with Crippen LogP contribution in [0.4, 0.5) is 0 Å². The van der Waals surface area contributed by atoms with E-state index in [4.69, 9.17) is 0 Å². The average Bonchev–Trinajstić information content (AvgIpc) is 3.00. The molecule has 0 bridgehead atoms. The molecule has 2 rings (SSSR count). The van der Waals surface area contributed by atoms with Crippen molar-refractivity contribution in [2.45, 2.75) is 96.1 Å². The maximum atomic E-state index is 13.7. The van der Waals surface area contributed by atoms with Crippen molar-refractivity contribution in [3.8, 4) is 0 Å². The normalized spacial score (nSPS) is 12.4. The van der Waals surface area contributed by atoms with Crippen molar-refractivity contribution in [3.63, 3.8) is 0 Å². The predicted octanol–water partition coefficient (Wildman–Crippen LogP) is 4.18. The highest BCUT2D eigenvalue weighted by atomic mass is 16.3. The van der Waals surface area contributed by atoms with E-state index in [-0.39, 0.29) is 38.6 Å². The van der Waals surface area contributed by atoms with E-state index in [2.05, 4.69) is 17.6 Å². The smallest absolute Gasteiger partial charge is 0.245 e. The van der Waals surface area contributed by atoms with Gasteiger partial charge in [-0.25, -0.2) is 0 Å². The number of benzene rings is 2. The number of aliphatic hydroxyl groups excluding tert-OH is 2. The van der Waals surface area contributed by atoms with Gasteiger partial charge in [0.15, 0.2) is 0 Å². The molecule has 0 saturated carbocycles. The van der Waals surface area contributed by atoms with Crippen LogP contribution in [0, 0.1) is 0 Å². The van der Waals surface area contributed by atoms with Crippen LogP contribution in [0.3, 0.4) is 0 Å². The number of aliphatic hydroxyl groups is 2. The summed E-state index contributed by atoms with van der Waals surface area (Å²) >= 11 is 0. The minimum Gasteiger partial charge on any atom is -0.395 e. The lowest BCUT2D eigenvalue weighted by atomic mass is 10.0. The van der Waals surface area contributed by atoms with Crippen molar-refractivity contribution in [3.05, 3.63) is 71.8 Å². The van der Waals surface area contributed by atoms with Crippen molar-refractivity contribution in [2.75, 3.05) is 26.3 Å². The minimum atomic E-state index is -0.925. The van der Waals surface area contributed by atoms with E-state index in [1.807, 2.05) is 60.7 Å². The first kappa shape index (κ1) is 35.0. The van der Waals surface area contributed by atoms with Gasteiger partial charge < -0.3 is 25.7 Å². The highest BCUT2D eigenvalue weighted by Gasteiger charge is 2.29. The first-order valence-electron chi connectivity index (χ1n) is 15.7. The van der Waals surface area contributed by atoms with Gasteiger partial charge in [0.25, 0.3) is 0 Å². The van der Waals surface area contributed by atoms with Crippen molar-refractivity contribution in [1.82, 2.24) is 15.5 Å². The van der Waals surface area contributed by atoms with Gasteiger partial charge in [-0.3, -0.25) is 14.4 Å². The fraction of sp³-hybridized carbons (Fsp3) is 0.559. The summed E-state index contributed by atoms with van der Waals surface area (Å²) in [5.74, 6) is -1.02. The molecule has 0 aromatic heterocycles. The van der Waals surface area contributed by atoms with Crippen LogP contribution in [0.15, 0.2) is 60.7 Å². The van der Waals surface area contributed by atoms with Gasteiger partial charge >= 0.3 is 0 Å². The SMILES string of the molecule is CCCCCCCCCCCC(=O)N[C@@H](Cc1ccccc1)C(=O)N[C@@H](Cc1ccccc1)C(=O)N(CCO)CCO. The van der Waals surface area contributed by atoms with Gasteiger partial charge in [0.05, 0.1) is 13.2 Å². The van der Waals surface area contributed by atoms with E-state index < -0.39 is 23.9 Å². The van der Waals surface area contributed by atoms with Crippen molar-refractivity contribution >= 4 is 17.7 Å². The van der Waals surface area contributed by atoms with Crippen molar-refractivity contribution in [2.24, 2.45) is 0 Å². The second-order valence-electron chi connectivity index (χ2n) is 10.9. The Kier molecular flexibility index (Phi) is 17.9. The summed E-state index contributed by atoms with van der Waals surface area (Å²) in [5.41, 5.74) is 1.76. The second-order valence-corrected chi connectivity index (χ2v) is 10.9. The Labute approximate surface area is 251 Å². The highest BCUT2D eigenvalue weighted by molar-refractivity contribution is 5.92. The number of nitrogens with one attached hydrogen (secondary N) is 2. The van der Waals surface area contributed by atoms with Gasteiger partial charge in [-0.15, -0.1) is 0 Å². The Morgan fingerprint density at radius 1 is 0.667 bits per heavy atom. The number of unbranched alkanes of at least 4 members (excludes halogenated alkanes) is 8. The lowest BCUT2D eigenvalue weighted by molar-refractivity contribution is -0.138. The third-order valence-electron chi connectivity index (χ3n) is 7.39. The molecule has 8 heteroatoms. The maximum absolute atomic E-state index is 13.7. The van der Waals surface area contributed by atoms with Crippen molar-refractivity contribution in [1.29, 1.82) is 0 Å². The maximum Gasteiger partial charge on any atom is 0.245 e. The Morgan fingerprint density at radius 2 is 1.14 bits per heavy atom. The molecule has 0 fully saturated rings. The number of carbonyl (C=O) groups is 3. The van der Waals surface area contributed by atoms with Crippen LogP contribution in [0.25, 0.3) is 0 Å². The van der Waals surface area contributed by atoms with Crippen LogP contribution in [0.2, 0.25) is 0 Å². The zero-order valence-corrected chi connectivity index (χ0v) is 25.3. The number of hydrogen-bond donors (Lipinski definition) is 4. The monoisotopic (exact) mass is 581 g/mol. The third-order valence-corrected chi connectivity index (χ3v) is 7.39. The number of nitrogens with zero attached hydrogens (tertiary/aromatic N) is 1. The lowest BCUT2D eigenvalue weighted by Gasteiger charge is -2.28. The van der Waals surface area contributed by atoms with E-state index in [1.54, 1.807) is 0 Å². The molecule has 0 aliphatic carbocycles. The van der Waals surface area contributed by atoms with Crippen LogP contribution in [0.1, 0.15) is 82.3 Å². The molecule has 3 amide bonds. The molecule has 2 aromatic carbocycles. The molecule has 0 aliphatic rings. The molecular weight excluding hydrogens is 530 g/mol. The van der Waals surface area contributed by atoms with E-state index in [1.165, 1.54) is 43.4 Å². The standard InChI is InChI=1S/C34H51N3O5/c1-2-3-4-5-6-7-8-9-16-21-32(40)35-30(26-28-17-12-10-13-18-28)33(41)36-31(27-29-19-14-11-15-20-29)34(42)37(22-24-38)23-25-39/h10-15,17-20,30-31,38-39H,2-9,16,21-27H2,1H3,(H,35,40)(H,36,41)/t30-,31-/m0/s1. The molecule has 2 aromatic rings. The summed E-state index contributed by atoms with van der Waals surface area (Å²) in [6.45, 7) is 1.78. The molecule has 4 N–H and O–H groups in total. The zero-order valence-electron chi connectivity index (χ0n) is 25.3. The van der Waals surface area contributed by atoms with Crippen LogP contribution < -0.4 is 10.6 Å². The molecule has 0 spiro atoms. The largest absolute Gasteiger partial charge is 0.395 e. The Balaban J connectivity index is 2.06. The molecule has 0 aliphatic heterocycles. The molecule has 0 heterocycles. The van der Waals surface area contributed by atoms with E-state index in [0.29, 0.717) is 12.8 Å². The van der Waals surface area contributed by atoms with Gasteiger partial charge in [0, 0.05) is 32.4 Å². The lowest BCUT2D eigenvalue weighted by Crippen LogP contribution is -2.56. The predicted molar refractivity (Wildman–Crippen MR) is 167 cm³/mol. The van der Waals surface area contributed by atoms with Crippen LogP contribution in [0.5, 0.6) is 0 Å². The van der Waals surface area contributed by atoms with Crippen LogP contribution in [-0.2, 0) is 27.2 Å². The summed E-state index contributed by atoms with van der Waals surface area (Å²) in [6, 6.07) is 17.1. The summed E-state index contributed by atoms with van der Waals surface area (Å²) in [6.07, 6.45) is 11.3. The van der Waals surface area contributed by atoms with Crippen molar-refractivity contribution < 1.29 is 24.6 Å².